The van der Waals surface area contributed by atoms with Crippen molar-refractivity contribution in [2.75, 3.05) is 0 Å². The summed E-state index contributed by atoms with van der Waals surface area (Å²) in [4.78, 5) is 37.8. The lowest BCUT2D eigenvalue weighted by atomic mass is 9.63. The molecule has 1 heterocycles. The lowest BCUT2D eigenvalue weighted by Gasteiger charge is -2.47. The number of fused-ring (bicyclic) bond motifs is 2. The van der Waals surface area contributed by atoms with Gasteiger partial charge in [-0.15, -0.1) is 0 Å². The number of piperidine rings is 1. The van der Waals surface area contributed by atoms with Crippen LogP contribution in [0.15, 0.2) is 28.7 Å². The minimum absolute atomic E-state index is 0.240. The predicted octanol–water partition coefficient (Wildman–Crippen LogP) is 2.91. The van der Waals surface area contributed by atoms with E-state index >= 15 is 0 Å². The van der Waals surface area contributed by atoms with E-state index in [1.165, 1.54) is 0 Å². The molecule has 1 saturated carbocycles. The van der Waals surface area contributed by atoms with Gasteiger partial charge in [0.15, 0.2) is 0 Å². The zero-order valence-corrected chi connectivity index (χ0v) is 14.9. The van der Waals surface area contributed by atoms with Crippen molar-refractivity contribution in [3.05, 3.63) is 34.3 Å². The van der Waals surface area contributed by atoms with Crippen LogP contribution < -0.4 is 5.43 Å². The first kappa shape index (κ1) is 16.2. The molecule has 2 bridgehead atoms. The molecule has 122 valence electrons. The first-order valence-electron chi connectivity index (χ1n) is 7.63. The maximum absolute atomic E-state index is 12.8. The summed E-state index contributed by atoms with van der Waals surface area (Å²) < 4.78 is 0.853. The summed E-state index contributed by atoms with van der Waals surface area (Å²) in [6, 6.07) is 6.75. The third-order valence-electron chi connectivity index (χ3n) is 5.74. The third kappa shape index (κ3) is 2.23. The molecule has 1 aliphatic carbocycles. The molecule has 6 heteroatoms. The van der Waals surface area contributed by atoms with Crippen LogP contribution in [0.25, 0.3) is 0 Å². The quantitative estimate of drug-likeness (QED) is 0.804. The molecule has 1 aromatic rings. The number of nitrogens with one attached hydrogen (secondary N) is 1. The average molecular weight is 379 g/mol. The van der Waals surface area contributed by atoms with E-state index in [1.807, 2.05) is 20.8 Å². The fourth-order valence-electron chi connectivity index (χ4n) is 3.69. The van der Waals surface area contributed by atoms with E-state index in [-0.39, 0.29) is 23.1 Å². The van der Waals surface area contributed by atoms with Gasteiger partial charge in [0, 0.05) is 16.0 Å². The fourth-order valence-corrected chi connectivity index (χ4v) is 3.96. The molecule has 3 rings (SSSR count). The Labute approximate surface area is 143 Å². The number of imide groups is 1. The first-order chi connectivity index (χ1) is 10.7. The topological polar surface area (TPSA) is 66.5 Å². The van der Waals surface area contributed by atoms with E-state index in [2.05, 4.69) is 21.4 Å². The van der Waals surface area contributed by atoms with Crippen molar-refractivity contribution >= 4 is 33.7 Å². The first-order valence-corrected chi connectivity index (χ1v) is 8.43. The Morgan fingerprint density at radius 3 is 2.43 bits per heavy atom. The van der Waals surface area contributed by atoms with Crippen molar-refractivity contribution in [2.24, 2.45) is 16.7 Å². The number of hydrogen-bond donors (Lipinski definition) is 1. The molecule has 0 unspecified atom stereocenters. The number of hydrazine groups is 1. The number of halogens is 1. The molecule has 0 spiro atoms. The Hall–Kier alpha value is -1.69. The second kappa shape index (κ2) is 5.16. The summed E-state index contributed by atoms with van der Waals surface area (Å²) in [5, 5.41) is 0.938. The lowest BCUT2D eigenvalue weighted by Crippen LogP contribution is -2.63. The van der Waals surface area contributed by atoms with Gasteiger partial charge in [0.05, 0.1) is 5.41 Å². The number of carbonyl (C=O) groups is 3. The minimum atomic E-state index is -0.626. The predicted molar refractivity (Wildman–Crippen MR) is 88.1 cm³/mol. The van der Waals surface area contributed by atoms with Crippen molar-refractivity contribution in [3.63, 3.8) is 0 Å². The SMILES string of the molecule is CC1(C)[C@@H]2CC[C@@]1(C)C(=O)N(NC(=O)c1ccc(Br)cc1)C2=O. The van der Waals surface area contributed by atoms with E-state index in [0.29, 0.717) is 18.4 Å². The average Bonchev–Trinajstić information content (AvgIpc) is 2.69. The number of benzene rings is 1. The van der Waals surface area contributed by atoms with Crippen molar-refractivity contribution in [1.82, 2.24) is 10.4 Å². The van der Waals surface area contributed by atoms with E-state index in [4.69, 9.17) is 0 Å². The van der Waals surface area contributed by atoms with Crippen molar-refractivity contribution in [1.29, 1.82) is 0 Å². The molecule has 2 atom stereocenters. The monoisotopic (exact) mass is 378 g/mol. The number of amides is 3. The fraction of sp³-hybridized carbons (Fsp3) is 0.471. The van der Waals surface area contributed by atoms with Crippen molar-refractivity contribution in [3.8, 4) is 0 Å². The maximum Gasteiger partial charge on any atom is 0.270 e. The van der Waals surface area contributed by atoms with E-state index in [1.54, 1.807) is 24.3 Å². The van der Waals surface area contributed by atoms with E-state index in [9.17, 15) is 14.4 Å². The Morgan fingerprint density at radius 1 is 1.22 bits per heavy atom. The van der Waals surface area contributed by atoms with Crippen LogP contribution in [0.1, 0.15) is 44.0 Å². The smallest absolute Gasteiger partial charge is 0.270 e. The van der Waals surface area contributed by atoms with Gasteiger partial charge in [0.2, 0.25) is 0 Å². The largest absolute Gasteiger partial charge is 0.272 e. The molecule has 1 saturated heterocycles. The van der Waals surface area contributed by atoms with Crippen LogP contribution >= 0.6 is 15.9 Å². The van der Waals surface area contributed by atoms with Gasteiger partial charge in [-0.25, -0.2) is 0 Å². The van der Waals surface area contributed by atoms with Gasteiger partial charge < -0.3 is 0 Å². The number of hydrogen-bond acceptors (Lipinski definition) is 3. The summed E-state index contributed by atoms with van der Waals surface area (Å²) in [7, 11) is 0. The molecule has 1 aromatic carbocycles. The highest BCUT2D eigenvalue weighted by molar-refractivity contribution is 9.10. The Kier molecular flexibility index (Phi) is 3.63. The standard InChI is InChI=1S/C17H19BrN2O3/c1-16(2)12-8-9-17(16,3)15(23)20(14(12)22)19-13(21)10-4-6-11(18)7-5-10/h4-7,12H,8-9H2,1-3H3,(H,19,21)/t12-,17+/m1/s1. The van der Waals surface area contributed by atoms with Crippen LogP contribution in [0.3, 0.4) is 0 Å². The van der Waals surface area contributed by atoms with Crippen LogP contribution in [-0.2, 0) is 9.59 Å². The van der Waals surface area contributed by atoms with Gasteiger partial charge in [0.1, 0.15) is 0 Å². The third-order valence-corrected chi connectivity index (χ3v) is 6.27. The van der Waals surface area contributed by atoms with E-state index in [0.717, 1.165) is 9.48 Å². The summed E-state index contributed by atoms with van der Waals surface area (Å²) >= 11 is 3.31. The van der Waals surface area contributed by atoms with Crippen molar-refractivity contribution in [2.45, 2.75) is 33.6 Å². The van der Waals surface area contributed by atoms with Gasteiger partial charge in [0.25, 0.3) is 17.7 Å². The molecule has 0 aromatic heterocycles. The van der Waals surface area contributed by atoms with Gasteiger partial charge in [-0.05, 0) is 42.5 Å². The molecule has 5 nitrogen and oxygen atoms in total. The second-order valence-corrected chi connectivity index (χ2v) is 7.99. The lowest BCUT2D eigenvalue weighted by molar-refractivity contribution is -0.171. The van der Waals surface area contributed by atoms with Crippen LogP contribution in [-0.4, -0.2) is 22.7 Å². The molecule has 2 fully saturated rings. The molecule has 3 amide bonds. The summed E-state index contributed by atoms with van der Waals surface area (Å²) in [6.45, 7) is 5.82. The minimum Gasteiger partial charge on any atom is -0.272 e. The molecule has 2 aliphatic rings. The summed E-state index contributed by atoms with van der Waals surface area (Å²) in [5.74, 6) is -1.32. The van der Waals surface area contributed by atoms with Crippen LogP contribution in [0.4, 0.5) is 0 Å². The number of carbonyl (C=O) groups excluding carboxylic acids is 3. The number of nitrogens with zero attached hydrogens (tertiary/aromatic N) is 1. The van der Waals surface area contributed by atoms with Gasteiger partial charge in [-0.1, -0.05) is 36.7 Å². The van der Waals surface area contributed by atoms with E-state index < -0.39 is 11.3 Å². The molecular formula is C17H19BrN2O3. The molecule has 0 radical (unpaired) electrons. The highest BCUT2D eigenvalue weighted by atomic mass is 79.9. The second-order valence-electron chi connectivity index (χ2n) is 7.07. The van der Waals surface area contributed by atoms with Crippen LogP contribution in [0.2, 0.25) is 0 Å². The summed E-state index contributed by atoms with van der Waals surface area (Å²) in [5.41, 5.74) is 1.88. The van der Waals surface area contributed by atoms with Gasteiger partial charge in [-0.3, -0.25) is 19.8 Å². The molecular weight excluding hydrogens is 360 g/mol. The number of rotatable bonds is 2. The maximum atomic E-state index is 12.8. The zero-order valence-electron chi connectivity index (χ0n) is 13.4. The normalized spacial score (nSPS) is 28.9. The van der Waals surface area contributed by atoms with Crippen LogP contribution in [0.5, 0.6) is 0 Å². The highest BCUT2D eigenvalue weighted by Crippen LogP contribution is 2.59. The Balaban J connectivity index is 1.87. The van der Waals surface area contributed by atoms with Gasteiger partial charge >= 0.3 is 0 Å². The molecule has 23 heavy (non-hydrogen) atoms. The van der Waals surface area contributed by atoms with Crippen molar-refractivity contribution < 1.29 is 14.4 Å². The summed E-state index contributed by atoms with van der Waals surface area (Å²) in [6.07, 6.45) is 1.35. The van der Waals surface area contributed by atoms with Gasteiger partial charge in [-0.2, -0.15) is 5.01 Å². The zero-order chi connectivity index (χ0) is 17.0. The Morgan fingerprint density at radius 2 is 1.83 bits per heavy atom. The van der Waals surface area contributed by atoms with Crippen LogP contribution in [0, 0.1) is 16.7 Å². The molecule has 1 aliphatic heterocycles. The highest BCUT2D eigenvalue weighted by Gasteiger charge is 2.64. The molecule has 1 N–H and O–H groups in total. The Bertz CT molecular complexity index is 698.